The zero-order chi connectivity index (χ0) is 9.42. The Labute approximate surface area is 78.0 Å². The first-order valence-corrected chi connectivity index (χ1v) is 4.21. The molecular formula is C11H12N2. The minimum Gasteiger partial charge on any atom is -0.320 e. The summed E-state index contributed by atoms with van der Waals surface area (Å²) < 4.78 is 0. The van der Waals surface area contributed by atoms with E-state index in [1.165, 1.54) is 0 Å². The molecule has 1 aromatic rings. The second-order valence-electron chi connectivity index (χ2n) is 3.08. The van der Waals surface area contributed by atoms with Crippen molar-refractivity contribution < 1.29 is 0 Å². The van der Waals surface area contributed by atoms with Gasteiger partial charge >= 0.3 is 0 Å². The lowest BCUT2D eigenvalue weighted by atomic mass is 10.1. The highest BCUT2D eigenvalue weighted by Crippen LogP contribution is 2.39. The number of hydrogen-bond acceptors (Lipinski definition) is 2. The first-order valence-electron chi connectivity index (χ1n) is 4.21. The fourth-order valence-electron chi connectivity index (χ4n) is 1.67. The molecule has 1 atom stereocenters. The van der Waals surface area contributed by atoms with E-state index in [4.69, 9.17) is 5.73 Å². The highest BCUT2D eigenvalue weighted by Gasteiger charge is 2.27. The molecule has 1 aliphatic heterocycles. The van der Waals surface area contributed by atoms with E-state index in [2.05, 4.69) is 13.2 Å². The summed E-state index contributed by atoms with van der Waals surface area (Å²) in [5.74, 6) is 0. The summed E-state index contributed by atoms with van der Waals surface area (Å²) in [6.07, 6.45) is 1.74. The van der Waals surface area contributed by atoms with Crippen molar-refractivity contribution in [3.8, 4) is 0 Å². The average molecular weight is 172 g/mol. The van der Waals surface area contributed by atoms with Crippen molar-refractivity contribution >= 4 is 5.69 Å². The van der Waals surface area contributed by atoms with Gasteiger partial charge in [0.1, 0.15) is 0 Å². The maximum Gasteiger partial charge on any atom is 0.0724 e. The van der Waals surface area contributed by atoms with Gasteiger partial charge in [0.15, 0.2) is 0 Å². The lowest BCUT2D eigenvalue weighted by molar-refractivity contribution is 0.876. The fraction of sp³-hybridized carbons (Fsp3) is 0.0909. The normalized spacial score (nSPS) is 20.2. The van der Waals surface area contributed by atoms with Crippen molar-refractivity contribution in [3.05, 3.63) is 54.9 Å². The Hall–Kier alpha value is -1.54. The lowest BCUT2D eigenvalue weighted by Gasteiger charge is -2.14. The molecule has 1 unspecified atom stereocenters. The standard InChI is InChI=1S/C11H12N2/c1-3-13-8(2)11(12)9-6-4-5-7-10(9)13/h3-7,11H,1-2,12H2. The van der Waals surface area contributed by atoms with Crippen LogP contribution >= 0.6 is 0 Å². The predicted molar refractivity (Wildman–Crippen MR) is 55.2 cm³/mol. The van der Waals surface area contributed by atoms with E-state index in [0.717, 1.165) is 16.9 Å². The summed E-state index contributed by atoms with van der Waals surface area (Å²) in [5, 5.41) is 0. The molecule has 0 saturated heterocycles. The van der Waals surface area contributed by atoms with Crippen LogP contribution in [0.4, 0.5) is 5.69 Å². The average Bonchev–Trinajstić information content (AvgIpc) is 2.41. The molecule has 0 aliphatic carbocycles. The van der Waals surface area contributed by atoms with Crippen molar-refractivity contribution in [2.75, 3.05) is 4.90 Å². The fourth-order valence-corrected chi connectivity index (χ4v) is 1.67. The number of hydrogen-bond donors (Lipinski definition) is 1. The third kappa shape index (κ3) is 0.993. The van der Waals surface area contributed by atoms with E-state index < -0.39 is 0 Å². The number of para-hydroxylation sites is 1. The van der Waals surface area contributed by atoms with Crippen molar-refractivity contribution in [3.63, 3.8) is 0 Å². The number of nitrogens with two attached hydrogens (primary N) is 1. The summed E-state index contributed by atoms with van der Waals surface area (Å²) in [6, 6.07) is 7.93. The molecule has 0 amide bonds. The first kappa shape index (κ1) is 8.08. The van der Waals surface area contributed by atoms with Crippen molar-refractivity contribution in [2.45, 2.75) is 6.04 Å². The van der Waals surface area contributed by atoms with E-state index in [1.807, 2.05) is 29.2 Å². The topological polar surface area (TPSA) is 29.3 Å². The van der Waals surface area contributed by atoms with Crippen molar-refractivity contribution in [1.29, 1.82) is 0 Å². The second-order valence-corrected chi connectivity index (χ2v) is 3.08. The molecule has 66 valence electrons. The Kier molecular flexibility index (Phi) is 1.71. The molecule has 2 rings (SSSR count). The summed E-state index contributed by atoms with van der Waals surface area (Å²) >= 11 is 0. The maximum absolute atomic E-state index is 5.97. The Bertz CT molecular complexity index is 368. The van der Waals surface area contributed by atoms with Crippen LogP contribution in [0.3, 0.4) is 0 Å². The second kappa shape index (κ2) is 2.75. The van der Waals surface area contributed by atoms with Gasteiger partial charge in [-0.05, 0) is 11.6 Å². The molecule has 2 nitrogen and oxygen atoms in total. The molecule has 1 aliphatic rings. The van der Waals surface area contributed by atoms with Crippen LogP contribution < -0.4 is 10.6 Å². The first-order chi connectivity index (χ1) is 6.25. The summed E-state index contributed by atoms with van der Waals surface area (Å²) in [5.41, 5.74) is 9.06. The van der Waals surface area contributed by atoms with E-state index in [9.17, 15) is 0 Å². The van der Waals surface area contributed by atoms with Crippen LogP contribution in [0.2, 0.25) is 0 Å². The monoisotopic (exact) mass is 172 g/mol. The van der Waals surface area contributed by atoms with Gasteiger partial charge in [0.05, 0.1) is 11.7 Å². The molecule has 0 fully saturated rings. The van der Waals surface area contributed by atoms with Crippen LogP contribution in [-0.4, -0.2) is 0 Å². The van der Waals surface area contributed by atoms with Gasteiger partial charge in [0.2, 0.25) is 0 Å². The van der Waals surface area contributed by atoms with Gasteiger partial charge in [0, 0.05) is 11.9 Å². The predicted octanol–water partition coefficient (Wildman–Crippen LogP) is 2.16. The van der Waals surface area contributed by atoms with Crippen LogP contribution in [0.5, 0.6) is 0 Å². The van der Waals surface area contributed by atoms with Crippen LogP contribution in [-0.2, 0) is 0 Å². The van der Waals surface area contributed by atoms with Crippen molar-refractivity contribution in [1.82, 2.24) is 0 Å². The largest absolute Gasteiger partial charge is 0.320 e. The Balaban J connectivity index is 2.59. The van der Waals surface area contributed by atoms with Crippen molar-refractivity contribution in [2.24, 2.45) is 5.73 Å². The van der Waals surface area contributed by atoms with E-state index in [1.54, 1.807) is 6.20 Å². The summed E-state index contributed by atoms with van der Waals surface area (Å²) in [4.78, 5) is 1.93. The van der Waals surface area contributed by atoms with Crippen LogP contribution in [0, 0.1) is 0 Å². The molecular weight excluding hydrogens is 160 g/mol. The molecule has 1 heterocycles. The van der Waals surface area contributed by atoms with Gasteiger partial charge in [-0.25, -0.2) is 0 Å². The van der Waals surface area contributed by atoms with Gasteiger partial charge in [0.25, 0.3) is 0 Å². The smallest absolute Gasteiger partial charge is 0.0724 e. The van der Waals surface area contributed by atoms with Crippen LogP contribution in [0.1, 0.15) is 11.6 Å². The zero-order valence-corrected chi connectivity index (χ0v) is 7.40. The SMILES string of the molecule is C=CN1C(=C)C(N)c2ccccc21. The van der Waals surface area contributed by atoms with Crippen LogP contribution in [0.25, 0.3) is 0 Å². The number of nitrogens with zero attached hydrogens (tertiary/aromatic N) is 1. The van der Waals surface area contributed by atoms with Gasteiger partial charge in [-0.1, -0.05) is 31.4 Å². The summed E-state index contributed by atoms with van der Waals surface area (Å²) in [7, 11) is 0. The quantitative estimate of drug-likeness (QED) is 0.703. The summed E-state index contributed by atoms with van der Waals surface area (Å²) in [6.45, 7) is 7.67. The van der Waals surface area contributed by atoms with E-state index in [0.29, 0.717) is 0 Å². The Morgan fingerprint density at radius 1 is 1.38 bits per heavy atom. The molecule has 0 radical (unpaired) electrons. The van der Waals surface area contributed by atoms with E-state index in [-0.39, 0.29) is 6.04 Å². The van der Waals surface area contributed by atoms with Crippen LogP contribution in [0.15, 0.2) is 49.3 Å². The molecule has 0 spiro atoms. The van der Waals surface area contributed by atoms with Gasteiger partial charge in [-0.3, -0.25) is 0 Å². The molecule has 0 bridgehead atoms. The third-order valence-electron chi connectivity index (χ3n) is 2.38. The maximum atomic E-state index is 5.97. The third-order valence-corrected chi connectivity index (χ3v) is 2.38. The molecule has 2 N–H and O–H groups in total. The molecule has 1 aromatic carbocycles. The van der Waals surface area contributed by atoms with Gasteiger partial charge in [-0.15, -0.1) is 0 Å². The Morgan fingerprint density at radius 3 is 2.77 bits per heavy atom. The Morgan fingerprint density at radius 2 is 2.08 bits per heavy atom. The van der Waals surface area contributed by atoms with E-state index >= 15 is 0 Å². The minimum absolute atomic E-state index is 0.0887. The molecule has 0 aromatic heterocycles. The van der Waals surface area contributed by atoms with Gasteiger partial charge in [-0.2, -0.15) is 0 Å². The zero-order valence-electron chi connectivity index (χ0n) is 7.40. The van der Waals surface area contributed by atoms with Gasteiger partial charge < -0.3 is 10.6 Å². The molecule has 2 heteroatoms. The number of anilines is 1. The lowest BCUT2D eigenvalue weighted by Crippen LogP contribution is -2.15. The number of rotatable bonds is 1. The molecule has 0 saturated carbocycles. The number of fused-ring (bicyclic) bond motifs is 1. The highest BCUT2D eigenvalue weighted by molar-refractivity contribution is 5.68. The molecule has 13 heavy (non-hydrogen) atoms. The highest BCUT2D eigenvalue weighted by atomic mass is 15.2. The minimum atomic E-state index is -0.0887. The number of benzene rings is 1.